The molecule has 3 rings (SSSR count). The van der Waals surface area contributed by atoms with E-state index in [0.29, 0.717) is 4.99 Å². The molecule has 0 aromatic heterocycles. The van der Waals surface area contributed by atoms with Crippen LogP contribution in [0.3, 0.4) is 0 Å². The number of fused-ring (bicyclic) bond motifs is 1. The molecule has 0 amide bonds. The van der Waals surface area contributed by atoms with Gasteiger partial charge < -0.3 is 11.1 Å². The number of nitrogens with one attached hydrogen (secondary N) is 1. The van der Waals surface area contributed by atoms with Crippen LogP contribution >= 0.6 is 12.2 Å². The van der Waals surface area contributed by atoms with Gasteiger partial charge in [-0.05, 0) is 6.07 Å². The minimum absolute atomic E-state index is 0.516. The van der Waals surface area contributed by atoms with E-state index in [2.05, 4.69) is 10.3 Å². The molecule has 1 aliphatic heterocycles. The molecule has 94 valence electrons. The van der Waals surface area contributed by atoms with E-state index in [1.54, 1.807) is 0 Å². The maximum atomic E-state index is 5.99. The van der Waals surface area contributed by atoms with Gasteiger partial charge in [0, 0.05) is 16.8 Å². The number of thiocarbonyl (C=S) groups is 1. The summed E-state index contributed by atoms with van der Waals surface area (Å²) in [5, 5.41) is 3.16. The fourth-order valence-corrected chi connectivity index (χ4v) is 2.26. The van der Waals surface area contributed by atoms with Crippen molar-refractivity contribution in [2.45, 2.75) is 6.17 Å². The van der Waals surface area contributed by atoms with Crippen molar-refractivity contribution in [2.75, 3.05) is 5.32 Å². The predicted octanol–water partition coefficient (Wildman–Crippen LogP) is 2.56. The van der Waals surface area contributed by atoms with Crippen LogP contribution < -0.4 is 11.1 Å². The average Bonchev–Trinajstić information content (AvgIpc) is 2.58. The molecule has 0 saturated carbocycles. The van der Waals surface area contributed by atoms with Crippen LogP contribution in [0.25, 0.3) is 0 Å². The van der Waals surface area contributed by atoms with Crippen LogP contribution in [0, 0.1) is 0 Å². The van der Waals surface area contributed by atoms with Crippen LogP contribution in [0.4, 0.5) is 5.69 Å². The fourth-order valence-electron chi connectivity index (χ4n) is 2.10. The normalized spacial score (nSPS) is 18.1. The highest BCUT2D eigenvalue weighted by atomic mass is 32.1. The number of anilines is 1. The predicted molar refractivity (Wildman–Crippen MR) is 82.7 cm³/mol. The Morgan fingerprint density at radius 3 is 2.47 bits per heavy atom. The van der Waals surface area contributed by atoms with E-state index < -0.39 is 6.17 Å². The molecule has 1 aliphatic rings. The zero-order valence-electron chi connectivity index (χ0n) is 10.2. The molecule has 0 saturated heterocycles. The Morgan fingerprint density at radius 2 is 1.68 bits per heavy atom. The Morgan fingerprint density at radius 1 is 1.00 bits per heavy atom. The van der Waals surface area contributed by atoms with Gasteiger partial charge in [0.15, 0.2) is 0 Å². The number of rotatable bonds is 1. The molecule has 0 unspecified atom stereocenters. The van der Waals surface area contributed by atoms with Crippen molar-refractivity contribution in [3.63, 3.8) is 0 Å². The Labute approximate surface area is 117 Å². The molecule has 2 aromatic rings. The first-order valence-corrected chi connectivity index (χ1v) is 6.45. The Hall–Kier alpha value is -2.04. The smallest absolute Gasteiger partial charge is 0.149 e. The third kappa shape index (κ3) is 2.28. The van der Waals surface area contributed by atoms with E-state index in [0.717, 1.165) is 22.5 Å². The van der Waals surface area contributed by atoms with E-state index in [9.17, 15) is 0 Å². The van der Waals surface area contributed by atoms with E-state index in [1.165, 1.54) is 0 Å². The van der Waals surface area contributed by atoms with Gasteiger partial charge in [-0.3, -0.25) is 4.99 Å². The lowest BCUT2D eigenvalue weighted by Gasteiger charge is -2.09. The van der Waals surface area contributed by atoms with E-state index >= 15 is 0 Å². The van der Waals surface area contributed by atoms with Crippen LogP contribution in [-0.2, 0) is 0 Å². The molecule has 1 heterocycles. The van der Waals surface area contributed by atoms with Crippen LogP contribution in [0.2, 0.25) is 0 Å². The van der Waals surface area contributed by atoms with E-state index in [-0.39, 0.29) is 0 Å². The van der Waals surface area contributed by atoms with Crippen LogP contribution in [0.1, 0.15) is 11.1 Å². The number of nitrogens with two attached hydrogens (primary N) is 1. The first kappa shape index (κ1) is 12.0. The number of para-hydroxylation sites is 1. The highest BCUT2D eigenvalue weighted by molar-refractivity contribution is 7.80. The second-order valence-corrected chi connectivity index (χ2v) is 4.76. The molecule has 0 aliphatic carbocycles. The average molecular weight is 267 g/mol. The van der Waals surface area contributed by atoms with Crippen molar-refractivity contribution >= 4 is 28.6 Å². The van der Waals surface area contributed by atoms with Gasteiger partial charge in [0.1, 0.15) is 11.2 Å². The van der Waals surface area contributed by atoms with Gasteiger partial charge in [0.25, 0.3) is 0 Å². The molecular weight excluding hydrogens is 254 g/mol. The van der Waals surface area contributed by atoms with Gasteiger partial charge in [-0.2, -0.15) is 0 Å². The number of hydrogen-bond acceptors (Lipinski definition) is 3. The molecule has 0 radical (unpaired) electrons. The SMILES string of the molecule is N[C@H]1N=C(c2ccccc2)c2ccccc2NC1=S. The van der Waals surface area contributed by atoms with Crippen LogP contribution in [-0.4, -0.2) is 16.9 Å². The number of nitrogens with zero attached hydrogens (tertiary/aromatic N) is 1. The minimum Gasteiger partial charge on any atom is -0.347 e. The first-order chi connectivity index (χ1) is 9.25. The molecule has 0 spiro atoms. The summed E-state index contributed by atoms with van der Waals surface area (Å²) in [7, 11) is 0. The highest BCUT2D eigenvalue weighted by Crippen LogP contribution is 2.23. The third-order valence-corrected chi connectivity index (χ3v) is 3.37. The number of benzene rings is 2. The molecule has 2 aromatic carbocycles. The standard InChI is InChI=1S/C15H13N3S/c16-14-15(19)17-12-9-5-4-8-11(12)13(18-14)10-6-2-1-3-7-10/h1-9,14H,16H2,(H,17,19)/t14-/m0/s1. The first-order valence-electron chi connectivity index (χ1n) is 6.05. The second kappa shape index (κ2) is 4.91. The number of aliphatic imine (C=N–C) groups is 1. The van der Waals surface area contributed by atoms with Crippen molar-refractivity contribution in [3.8, 4) is 0 Å². The van der Waals surface area contributed by atoms with E-state index in [4.69, 9.17) is 18.0 Å². The lowest BCUT2D eigenvalue weighted by molar-refractivity contribution is 0.938. The minimum atomic E-state index is -0.516. The number of benzodiazepines with no additional fused rings is 1. The molecule has 1 atom stereocenters. The molecule has 3 nitrogen and oxygen atoms in total. The Balaban J connectivity index is 2.21. The van der Waals surface area contributed by atoms with Gasteiger partial charge in [-0.15, -0.1) is 0 Å². The Bertz CT molecular complexity index is 649. The van der Waals surface area contributed by atoms with Gasteiger partial charge in [0.2, 0.25) is 0 Å². The maximum Gasteiger partial charge on any atom is 0.149 e. The summed E-state index contributed by atoms with van der Waals surface area (Å²) < 4.78 is 0. The second-order valence-electron chi connectivity index (χ2n) is 4.32. The van der Waals surface area contributed by atoms with Crippen LogP contribution in [0.5, 0.6) is 0 Å². The van der Waals surface area contributed by atoms with Gasteiger partial charge in [-0.25, -0.2) is 0 Å². The van der Waals surface area contributed by atoms with Crippen molar-refractivity contribution in [1.82, 2.24) is 0 Å². The summed E-state index contributed by atoms with van der Waals surface area (Å²) in [4.78, 5) is 5.10. The summed E-state index contributed by atoms with van der Waals surface area (Å²) in [6.45, 7) is 0. The summed E-state index contributed by atoms with van der Waals surface area (Å²) in [5.41, 5.74) is 9.87. The summed E-state index contributed by atoms with van der Waals surface area (Å²) >= 11 is 5.25. The molecule has 3 N–H and O–H groups in total. The van der Waals surface area contributed by atoms with Crippen LogP contribution in [0.15, 0.2) is 59.6 Å². The maximum absolute atomic E-state index is 5.99. The monoisotopic (exact) mass is 267 g/mol. The van der Waals surface area contributed by atoms with Crippen molar-refractivity contribution in [2.24, 2.45) is 10.7 Å². The summed E-state index contributed by atoms with van der Waals surface area (Å²) in [6, 6.07) is 18.0. The fraction of sp³-hybridized carbons (Fsp3) is 0.0667. The zero-order chi connectivity index (χ0) is 13.2. The Kier molecular flexibility index (Phi) is 3.11. The summed E-state index contributed by atoms with van der Waals surface area (Å²) in [6.07, 6.45) is -0.516. The van der Waals surface area contributed by atoms with Crippen molar-refractivity contribution in [1.29, 1.82) is 0 Å². The van der Waals surface area contributed by atoms with Gasteiger partial charge in [0.05, 0.1) is 5.71 Å². The largest absolute Gasteiger partial charge is 0.347 e. The summed E-state index contributed by atoms with van der Waals surface area (Å²) in [5.74, 6) is 0. The van der Waals surface area contributed by atoms with Gasteiger partial charge in [-0.1, -0.05) is 60.7 Å². The lowest BCUT2D eigenvalue weighted by Crippen LogP contribution is -2.31. The number of hydrogen-bond donors (Lipinski definition) is 2. The van der Waals surface area contributed by atoms with Crippen molar-refractivity contribution < 1.29 is 0 Å². The van der Waals surface area contributed by atoms with Crippen molar-refractivity contribution in [3.05, 3.63) is 65.7 Å². The van der Waals surface area contributed by atoms with Gasteiger partial charge >= 0.3 is 0 Å². The highest BCUT2D eigenvalue weighted by Gasteiger charge is 2.19. The zero-order valence-corrected chi connectivity index (χ0v) is 11.0. The molecular formula is C15H13N3S. The topological polar surface area (TPSA) is 50.4 Å². The molecule has 4 heteroatoms. The molecule has 0 fully saturated rings. The molecule has 19 heavy (non-hydrogen) atoms. The molecule has 0 bridgehead atoms. The third-order valence-electron chi connectivity index (χ3n) is 3.02. The lowest BCUT2D eigenvalue weighted by atomic mass is 10.0. The van der Waals surface area contributed by atoms with E-state index in [1.807, 2.05) is 54.6 Å². The quantitative estimate of drug-likeness (QED) is 0.781.